The second kappa shape index (κ2) is 12.4. The molecule has 2 aromatic carbocycles. The summed E-state index contributed by atoms with van der Waals surface area (Å²) in [7, 11) is 0. The van der Waals surface area contributed by atoms with Gasteiger partial charge in [0.05, 0.1) is 18.1 Å². The average Bonchev–Trinajstić information content (AvgIpc) is 3.63. The highest BCUT2D eigenvalue weighted by Crippen LogP contribution is 2.30. The van der Waals surface area contributed by atoms with E-state index in [1.165, 1.54) is 5.56 Å². The number of amides is 2. The third kappa shape index (κ3) is 6.99. The summed E-state index contributed by atoms with van der Waals surface area (Å²) in [6.07, 6.45) is 5.69. The molecule has 1 unspecified atom stereocenters. The number of anilines is 2. The predicted molar refractivity (Wildman–Crippen MR) is 149 cm³/mol. The highest BCUT2D eigenvalue weighted by atomic mass is 32.1. The van der Waals surface area contributed by atoms with Gasteiger partial charge in [-0.1, -0.05) is 36.4 Å². The summed E-state index contributed by atoms with van der Waals surface area (Å²) in [5, 5.41) is 8.03. The minimum Gasteiger partial charge on any atom is -0.376 e. The fourth-order valence-electron chi connectivity index (χ4n) is 5.28. The predicted octanol–water partition coefficient (Wildman–Crippen LogP) is 5.30. The fraction of sp³-hybridized carbons (Fsp3) is 0.400. The van der Waals surface area contributed by atoms with E-state index in [9.17, 15) is 9.59 Å². The molecular formula is C30H35N3O3S. The molecule has 2 aliphatic rings. The van der Waals surface area contributed by atoms with Gasteiger partial charge in [0, 0.05) is 42.5 Å². The molecule has 0 aliphatic carbocycles. The lowest BCUT2D eigenvalue weighted by molar-refractivity contribution is -0.115. The Morgan fingerprint density at radius 2 is 1.84 bits per heavy atom. The average molecular weight is 518 g/mol. The molecule has 3 aromatic rings. The van der Waals surface area contributed by atoms with E-state index in [-0.39, 0.29) is 17.9 Å². The van der Waals surface area contributed by atoms with Crippen LogP contribution in [-0.4, -0.2) is 44.2 Å². The molecule has 2 saturated heterocycles. The molecule has 2 amide bonds. The van der Waals surface area contributed by atoms with Gasteiger partial charge in [0.15, 0.2) is 0 Å². The van der Waals surface area contributed by atoms with Gasteiger partial charge in [0.2, 0.25) is 5.91 Å². The Bertz CT molecular complexity index is 1170. The number of ether oxygens (including phenoxy) is 1. The van der Waals surface area contributed by atoms with Crippen LogP contribution in [0.25, 0.3) is 0 Å². The van der Waals surface area contributed by atoms with Crippen molar-refractivity contribution in [3.8, 4) is 0 Å². The number of carbonyl (C=O) groups excluding carboxylic acids is 2. The monoisotopic (exact) mass is 517 g/mol. The van der Waals surface area contributed by atoms with Crippen LogP contribution in [0, 0.1) is 5.92 Å². The number of nitrogens with one attached hydrogen (secondary N) is 2. The van der Waals surface area contributed by atoms with Gasteiger partial charge in [-0.25, -0.2) is 0 Å². The van der Waals surface area contributed by atoms with Crippen LogP contribution in [0.3, 0.4) is 0 Å². The standard InChI is InChI=1S/C30H35N3O3S/c34-29(20-26-9-5-17-37-26)32-24-10-11-28(27(19-24)30(35)31-21-25-8-4-16-36-25)33-14-12-23(13-15-33)18-22-6-2-1-3-7-22/h1-3,5-7,9-11,17,19,23,25H,4,8,12-16,18,20-21H2,(H,31,35)(H,32,34). The van der Waals surface area contributed by atoms with Crippen LogP contribution in [0.5, 0.6) is 0 Å². The van der Waals surface area contributed by atoms with Crippen LogP contribution in [0.15, 0.2) is 66.0 Å². The summed E-state index contributed by atoms with van der Waals surface area (Å²) >= 11 is 1.57. The number of hydrogen-bond acceptors (Lipinski definition) is 5. The number of nitrogens with zero attached hydrogens (tertiary/aromatic N) is 1. The number of benzene rings is 2. The third-order valence-electron chi connectivity index (χ3n) is 7.28. The van der Waals surface area contributed by atoms with Crippen molar-refractivity contribution in [2.45, 2.75) is 44.6 Å². The Morgan fingerprint density at radius 3 is 2.57 bits per heavy atom. The normalized spacial score (nSPS) is 18.1. The van der Waals surface area contributed by atoms with Crippen LogP contribution < -0.4 is 15.5 Å². The number of piperidine rings is 1. The third-order valence-corrected chi connectivity index (χ3v) is 8.15. The molecule has 0 saturated carbocycles. The lowest BCUT2D eigenvalue weighted by Crippen LogP contribution is -2.37. The molecular weight excluding hydrogens is 482 g/mol. The zero-order valence-electron chi connectivity index (χ0n) is 21.2. The summed E-state index contributed by atoms with van der Waals surface area (Å²) in [6.45, 7) is 3.09. The van der Waals surface area contributed by atoms with E-state index in [1.807, 2.05) is 35.7 Å². The summed E-state index contributed by atoms with van der Waals surface area (Å²) in [5.74, 6) is 0.445. The molecule has 0 radical (unpaired) electrons. The molecule has 3 heterocycles. The van der Waals surface area contributed by atoms with Crippen molar-refractivity contribution in [3.05, 3.63) is 82.0 Å². The summed E-state index contributed by atoms with van der Waals surface area (Å²) in [5.41, 5.74) is 3.57. The van der Waals surface area contributed by atoms with E-state index in [0.29, 0.717) is 30.1 Å². The minimum atomic E-state index is -0.119. The smallest absolute Gasteiger partial charge is 0.253 e. The largest absolute Gasteiger partial charge is 0.376 e. The van der Waals surface area contributed by atoms with Crippen LogP contribution in [0.2, 0.25) is 0 Å². The van der Waals surface area contributed by atoms with Crippen molar-refractivity contribution in [1.29, 1.82) is 0 Å². The molecule has 37 heavy (non-hydrogen) atoms. The van der Waals surface area contributed by atoms with Crippen LogP contribution >= 0.6 is 11.3 Å². The lowest BCUT2D eigenvalue weighted by atomic mass is 9.89. The van der Waals surface area contributed by atoms with E-state index in [2.05, 4.69) is 45.9 Å². The molecule has 1 aromatic heterocycles. The molecule has 0 bridgehead atoms. The first-order valence-corrected chi connectivity index (χ1v) is 14.2. The molecule has 0 spiro atoms. The van der Waals surface area contributed by atoms with Gasteiger partial charge in [-0.15, -0.1) is 11.3 Å². The van der Waals surface area contributed by atoms with E-state index >= 15 is 0 Å². The maximum absolute atomic E-state index is 13.4. The minimum absolute atomic E-state index is 0.0785. The molecule has 2 aliphatic heterocycles. The molecule has 6 nitrogen and oxygen atoms in total. The van der Waals surface area contributed by atoms with E-state index in [0.717, 1.165) is 62.4 Å². The van der Waals surface area contributed by atoms with Gasteiger partial charge in [0.1, 0.15) is 0 Å². The van der Waals surface area contributed by atoms with Gasteiger partial charge in [-0.3, -0.25) is 9.59 Å². The summed E-state index contributed by atoms with van der Waals surface area (Å²) in [6, 6.07) is 20.3. The summed E-state index contributed by atoms with van der Waals surface area (Å²) < 4.78 is 5.69. The first-order valence-electron chi connectivity index (χ1n) is 13.3. The Hall–Kier alpha value is -3.16. The molecule has 7 heteroatoms. The molecule has 5 rings (SSSR count). The van der Waals surface area contributed by atoms with Crippen LogP contribution in [0.1, 0.15) is 46.5 Å². The Labute approximate surface area is 223 Å². The first-order chi connectivity index (χ1) is 18.1. The van der Waals surface area contributed by atoms with Gasteiger partial charge in [-0.2, -0.15) is 0 Å². The SMILES string of the molecule is O=C(Cc1cccs1)Nc1ccc(N2CCC(Cc3ccccc3)CC2)c(C(=O)NCC2CCCO2)c1. The lowest BCUT2D eigenvalue weighted by Gasteiger charge is -2.35. The highest BCUT2D eigenvalue weighted by Gasteiger charge is 2.25. The highest BCUT2D eigenvalue weighted by molar-refractivity contribution is 7.10. The van der Waals surface area contributed by atoms with Crippen molar-refractivity contribution in [1.82, 2.24) is 5.32 Å². The Kier molecular flexibility index (Phi) is 8.53. The fourth-order valence-corrected chi connectivity index (χ4v) is 5.98. The molecule has 1 atom stereocenters. The van der Waals surface area contributed by atoms with Gasteiger partial charge in [0.25, 0.3) is 5.91 Å². The maximum Gasteiger partial charge on any atom is 0.253 e. The number of rotatable bonds is 9. The second-order valence-corrected chi connectivity index (χ2v) is 11.0. The van der Waals surface area contributed by atoms with Crippen molar-refractivity contribution < 1.29 is 14.3 Å². The molecule has 194 valence electrons. The first kappa shape index (κ1) is 25.5. The van der Waals surface area contributed by atoms with Crippen molar-refractivity contribution >= 4 is 34.5 Å². The quantitative estimate of drug-likeness (QED) is 0.404. The van der Waals surface area contributed by atoms with Gasteiger partial charge >= 0.3 is 0 Å². The zero-order chi connectivity index (χ0) is 25.5. The summed E-state index contributed by atoms with van der Waals surface area (Å²) in [4.78, 5) is 29.3. The van der Waals surface area contributed by atoms with Crippen molar-refractivity contribution in [2.75, 3.05) is 36.5 Å². The van der Waals surface area contributed by atoms with Crippen LogP contribution in [0.4, 0.5) is 11.4 Å². The second-order valence-electron chi connectivity index (χ2n) is 10.0. The van der Waals surface area contributed by atoms with Gasteiger partial charge in [-0.05, 0) is 73.2 Å². The number of carbonyl (C=O) groups is 2. The van der Waals surface area contributed by atoms with Crippen molar-refractivity contribution in [2.24, 2.45) is 5.92 Å². The molecule has 2 N–H and O–H groups in total. The number of thiophene rings is 1. The van der Waals surface area contributed by atoms with Gasteiger partial charge < -0.3 is 20.3 Å². The van der Waals surface area contributed by atoms with Crippen molar-refractivity contribution in [3.63, 3.8) is 0 Å². The topological polar surface area (TPSA) is 70.7 Å². The number of hydrogen-bond donors (Lipinski definition) is 2. The van der Waals surface area contributed by atoms with Crippen LogP contribution in [-0.2, 0) is 22.4 Å². The molecule has 2 fully saturated rings. The zero-order valence-corrected chi connectivity index (χ0v) is 22.0. The van der Waals surface area contributed by atoms with E-state index in [1.54, 1.807) is 11.3 Å². The Balaban J connectivity index is 1.27. The van der Waals surface area contributed by atoms with E-state index < -0.39 is 0 Å². The maximum atomic E-state index is 13.4. The van der Waals surface area contributed by atoms with E-state index in [4.69, 9.17) is 4.74 Å². The Morgan fingerprint density at radius 1 is 1.00 bits per heavy atom.